The minimum Gasteiger partial charge on any atom is -0.383 e. The summed E-state index contributed by atoms with van der Waals surface area (Å²) in [4.78, 5) is 28.7. The van der Waals surface area contributed by atoms with E-state index in [1.165, 1.54) is 27.5 Å². The molecule has 6 aromatic rings. The van der Waals surface area contributed by atoms with Crippen molar-refractivity contribution in [2.24, 2.45) is 4.99 Å². The molecule has 2 aromatic carbocycles. The molecule has 272 valence electrons. The van der Waals surface area contributed by atoms with Gasteiger partial charge in [-0.3, -0.25) is 24.8 Å². The van der Waals surface area contributed by atoms with E-state index in [-0.39, 0.29) is 6.04 Å². The van der Waals surface area contributed by atoms with E-state index in [1.807, 2.05) is 49.1 Å². The number of rotatable bonds is 18. The van der Waals surface area contributed by atoms with E-state index in [2.05, 4.69) is 120 Å². The number of aryl methyl sites for hydroxylation is 1. The van der Waals surface area contributed by atoms with E-state index in [1.54, 1.807) is 0 Å². The van der Waals surface area contributed by atoms with Crippen LogP contribution in [0.3, 0.4) is 0 Å². The molecule has 0 saturated carbocycles. The van der Waals surface area contributed by atoms with E-state index < -0.39 is 0 Å². The molecule has 1 atom stereocenters. The zero-order valence-electron chi connectivity index (χ0n) is 30.6. The second kappa shape index (κ2) is 19.1. The first-order valence-corrected chi connectivity index (χ1v) is 19.2. The first-order chi connectivity index (χ1) is 26.7. The van der Waals surface area contributed by atoms with Gasteiger partial charge in [-0.25, -0.2) is 9.98 Å². The standard InChI is InChI=1S/C45H46N8S/c54-34-46-23-7-1-2-20-41-42-21-12-14-35(28-52(30-37-16-3-8-24-47-37)31-38-17-4-9-25-48-38)44(42)51-45-36(15-13-22-43(41)45)29-53(32-39-18-5-10-26-49-39)33-40-19-6-11-27-50-40/h3-6,8-19,21-22,24-27,37,47H,1-2,7,20,23,28-33H2. The van der Waals surface area contributed by atoms with Crippen molar-refractivity contribution < 1.29 is 0 Å². The number of hydrogen-bond acceptors (Lipinski definition) is 9. The van der Waals surface area contributed by atoms with Crippen molar-refractivity contribution in [3.8, 4) is 0 Å². The Bertz CT molecular complexity index is 2180. The van der Waals surface area contributed by atoms with Crippen molar-refractivity contribution in [3.63, 3.8) is 0 Å². The van der Waals surface area contributed by atoms with Crippen LogP contribution in [0.5, 0.6) is 0 Å². The Morgan fingerprint density at radius 2 is 1.22 bits per heavy atom. The lowest BCUT2D eigenvalue weighted by Crippen LogP contribution is -2.38. The van der Waals surface area contributed by atoms with Crippen LogP contribution in [-0.4, -0.2) is 54.0 Å². The van der Waals surface area contributed by atoms with Crippen LogP contribution in [0, 0.1) is 0 Å². The smallest absolute Gasteiger partial charge is 0.0757 e. The Morgan fingerprint density at radius 3 is 1.76 bits per heavy atom. The number of isothiocyanates is 1. The van der Waals surface area contributed by atoms with Crippen LogP contribution in [0.1, 0.15) is 53.0 Å². The van der Waals surface area contributed by atoms with Gasteiger partial charge in [0.05, 0.1) is 39.3 Å². The van der Waals surface area contributed by atoms with E-state index >= 15 is 0 Å². The van der Waals surface area contributed by atoms with Gasteiger partial charge in [-0.05, 0) is 96.8 Å². The second-order valence-electron chi connectivity index (χ2n) is 13.8. The normalized spacial score (nSPS) is 13.8. The van der Waals surface area contributed by atoms with E-state index in [9.17, 15) is 0 Å². The van der Waals surface area contributed by atoms with Gasteiger partial charge in [0.15, 0.2) is 0 Å². The molecule has 1 N–H and O–H groups in total. The summed E-state index contributed by atoms with van der Waals surface area (Å²) in [6, 6.07) is 32.0. The van der Waals surface area contributed by atoms with Gasteiger partial charge in [-0.2, -0.15) is 0 Å². The molecule has 0 bridgehead atoms. The maximum Gasteiger partial charge on any atom is 0.0757 e. The predicted molar refractivity (Wildman–Crippen MR) is 222 cm³/mol. The maximum atomic E-state index is 5.61. The summed E-state index contributed by atoms with van der Waals surface area (Å²) in [5.41, 5.74) is 8.99. The number of dihydropyridines is 1. The number of unbranched alkanes of at least 4 members (excludes halogenated alkanes) is 2. The summed E-state index contributed by atoms with van der Waals surface area (Å²) in [7, 11) is 0. The lowest BCUT2D eigenvalue weighted by atomic mass is 9.94. The minimum atomic E-state index is 0.205. The summed E-state index contributed by atoms with van der Waals surface area (Å²) in [5.74, 6) is 0. The fourth-order valence-corrected chi connectivity index (χ4v) is 7.40. The van der Waals surface area contributed by atoms with Crippen molar-refractivity contribution in [1.29, 1.82) is 0 Å². The molecule has 1 aliphatic rings. The van der Waals surface area contributed by atoms with Crippen LogP contribution in [-0.2, 0) is 39.1 Å². The quantitative estimate of drug-likeness (QED) is 0.0408. The molecule has 5 heterocycles. The number of aliphatic imine (C=N–C) groups is 1. The number of hydrogen-bond donors (Lipinski definition) is 1. The first kappa shape index (κ1) is 36.9. The Kier molecular flexibility index (Phi) is 13.0. The lowest BCUT2D eigenvalue weighted by Gasteiger charge is -2.27. The molecule has 7 rings (SSSR count). The van der Waals surface area contributed by atoms with Crippen LogP contribution in [0.2, 0.25) is 0 Å². The fraction of sp³-hybridized carbons (Fsp3) is 0.267. The molecule has 9 heteroatoms. The van der Waals surface area contributed by atoms with Gasteiger partial charge in [-0.1, -0.05) is 73.2 Å². The first-order valence-electron chi connectivity index (χ1n) is 18.8. The van der Waals surface area contributed by atoms with Gasteiger partial charge in [0.2, 0.25) is 0 Å². The SMILES string of the molecule is S=C=NCCCCCc1c2cccc(CN(Cc3ccccn3)Cc3ccccn3)c2nc2c(CN(Cc3ccccn3)CC3C=CC=CN3)cccc12. The average Bonchev–Trinajstić information content (AvgIpc) is 3.21. The molecule has 8 nitrogen and oxygen atoms in total. The number of para-hydroxylation sites is 2. The number of benzene rings is 2. The molecule has 0 spiro atoms. The van der Waals surface area contributed by atoms with Crippen molar-refractivity contribution in [1.82, 2.24) is 35.1 Å². The van der Waals surface area contributed by atoms with Crippen molar-refractivity contribution in [2.75, 3.05) is 13.1 Å². The van der Waals surface area contributed by atoms with Crippen molar-refractivity contribution >= 4 is 39.2 Å². The van der Waals surface area contributed by atoms with E-state index in [4.69, 9.17) is 22.2 Å². The third-order valence-electron chi connectivity index (χ3n) is 9.81. The predicted octanol–water partition coefficient (Wildman–Crippen LogP) is 8.63. The number of allylic oxidation sites excluding steroid dienone is 2. The zero-order valence-corrected chi connectivity index (χ0v) is 31.4. The molecule has 1 aliphatic heterocycles. The van der Waals surface area contributed by atoms with Crippen molar-refractivity contribution in [2.45, 2.75) is 64.4 Å². The van der Waals surface area contributed by atoms with Gasteiger partial charge in [0.1, 0.15) is 0 Å². The minimum absolute atomic E-state index is 0.205. The molecular weight excluding hydrogens is 685 g/mol. The highest BCUT2D eigenvalue weighted by Gasteiger charge is 2.20. The fourth-order valence-electron chi connectivity index (χ4n) is 7.31. The summed E-state index contributed by atoms with van der Waals surface area (Å²) in [5, 5.41) is 8.47. The molecule has 1 unspecified atom stereocenters. The Balaban J connectivity index is 1.28. The second-order valence-corrected chi connectivity index (χ2v) is 14.0. The average molecular weight is 731 g/mol. The van der Waals surface area contributed by atoms with Gasteiger partial charge in [0, 0.05) is 75.2 Å². The van der Waals surface area contributed by atoms with E-state index in [0.29, 0.717) is 19.6 Å². The molecule has 0 fully saturated rings. The van der Waals surface area contributed by atoms with Gasteiger partial charge in [0.25, 0.3) is 0 Å². The van der Waals surface area contributed by atoms with Gasteiger partial charge in [-0.15, -0.1) is 0 Å². The molecule has 0 aliphatic carbocycles. The number of pyridine rings is 4. The van der Waals surface area contributed by atoms with Gasteiger partial charge < -0.3 is 5.32 Å². The zero-order chi connectivity index (χ0) is 36.8. The highest BCUT2D eigenvalue weighted by atomic mass is 32.1. The van der Waals surface area contributed by atoms with Crippen LogP contribution >= 0.6 is 12.2 Å². The summed E-state index contributed by atoms with van der Waals surface area (Å²) in [6.07, 6.45) is 18.1. The van der Waals surface area contributed by atoms with Crippen LogP contribution in [0.4, 0.5) is 0 Å². The highest BCUT2D eigenvalue weighted by Crippen LogP contribution is 2.33. The Morgan fingerprint density at radius 1 is 0.630 bits per heavy atom. The number of fused-ring (bicyclic) bond motifs is 2. The maximum absolute atomic E-state index is 5.61. The van der Waals surface area contributed by atoms with Gasteiger partial charge >= 0.3 is 0 Å². The molecule has 0 amide bonds. The molecule has 0 radical (unpaired) electrons. The molecule has 0 saturated heterocycles. The lowest BCUT2D eigenvalue weighted by molar-refractivity contribution is 0.241. The summed E-state index contributed by atoms with van der Waals surface area (Å²) >= 11 is 4.80. The van der Waals surface area contributed by atoms with Crippen LogP contribution in [0.15, 0.2) is 139 Å². The summed E-state index contributed by atoms with van der Waals surface area (Å²) in [6.45, 7) is 5.14. The number of aromatic nitrogens is 4. The third-order valence-corrected chi connectivity index (χ3v) is 9.94. The number of nitrogens with zero attached hydrogens (tertiary/aromatic N) is 7. The largest absolute Gasteiger partial charge is 0.383 e. The monoisotopic (exact) mass is 730 g/mol. The van der Waals surface area contributed by atoms with Crippen LogP contribution in [0.25, 0.3) is 21.8 Å². The molecular formula is C45H46N8S. The summed E-state index contributed by atoms with van der Waals surface area (Å²) < 4.78 is 0. The van der Waals surface area contributed by atoms with E-state index in [0.717, 1.165) is 80.0 Å². The molecule has 4 aromatic heterocycles. The van der Waals surface area contributed by atoms with Crippen molar-refractivity contribution in [3.05, 3.63) is 168 Å². The third kappa shape index (κ3) is 9.95. The molecule has 54 heavy (non-hydrogen) atoms. The Hall–Kier alpha value is -5.44. The topological polar surface area (TPSA) is 82.4 Å². The van der Waals surface area contributed by atoms with Crippen LogP contribution < -0.4 is 5.32 Å². The number of nitrogens with one attached hydrogen (secondary N) is 1. The Labute approximate surface area is 323 Å². The number of thiocarbonyl (C=S) groups is 1. The highest BCUT2D eigenvalue weighted by molar-refractivity contribution is 7.78.